The predicted molar refractivity (Wildman–Crippen MR) is 67.4 cm³/mol. The van der Waals surface area contributed by atoms with Crippen molar-refractivity contribution in [3.63, 3.8) is 0 Å². The van der Waals surface area contributed by atoms with Crippen LogP contribution in [0.4, 0.5) is 0 Å². The number of hydrogen-bond donors (Lipinski definition) is 1. The summed E-state index contributed by atoms with van der Waals surface area (Å²) in [6.45, 7) is 3.62. The fourth-order valence-corrected chi connectivity index (χ4v) is 2.29. The third-order valence-corrected chi connectivity index (χ3v) is 3.55. The van der Waals surface area contributed by atoms with E-state index >= 15 is 0 Å². The van der Waals surface area contributed by atoms with Crippen LogP contribution in [-0.2, 0) is 19.6 Å². The molecular formula is C12H15NO4S. The number of benzene rings is 1. The molecule has 0 heterocycles. The van der Waals surface area contributed by atoms with Gasteiger partial charge in [0.1, 0.15) is 0 Å². The van der Waals surface area contributed by atoms with Gasteiger partial charge in [0.25, 0.3) is 0 Å². The Morgan fingerprint density at radius 3 is 2.61 bits per heavy atom. The van der Waals surface area contributed by atoms with Crippen molar-refractivity contribution in [2.75, 3.05) is 13.2 Å². The minimum Gasteiger partial charge on any atom is -0.462 e. The predicted octanol–water partition coefficient (Wildman–Crippen LogP) is 1.08. The molecule has 0 saturated carbocycles. The maximum Gasteiger partial charge on any atom is 0.330 e. The van der Waals surface area contributed by atoms with Crippen LogP contribution in [0.1, 0.15) is 6.42 Å². The molecule has 0 amide bonds. The second kappa shape index (κ2) is 6.93. The summed E-state index contributed by atoms with van der Waals surface area (Å²) in [7, 11) is -3.48. The molecule has 18 heavy (non-hydrogen) atoms. The first-order valence-corrected chi connectivity index (χ1v) is 6.88. The summed E-state index contributed by atoms with van der Waals surface area (Å²) in [5, 5.41) is 0. The molecule has 0 aliphatic heterocycles. The van der Waals surface area contributed by atoms with Crippen LogP contribution in [0.3, 0.4) is 0 Å². The lowest BCUT2D eigenvalue weighted by Gasteiger charge is -2.06. The molecule has 0 aromatic heterocycles. The highest BCUT2D eigenvalue weighted by molar-refractivity contribution is 7.89. The van der Waals surface area contributed by atoms with Crippen molar-refractivity contribution in [1.82, 2.24) is 4.72 Å². The molecular weight excluding hydrogens is 254 g/mol. The smallest absolute Gasteiger partial charge is 0.330 e. The fourth-order valence-electron chi connectivity index (χ4n) is 1.19. The van der Waals surface area contributed by atoms with E-state index in [1.807, 2.05) is 0 Å². The van der Waals surface area contributed by atoms with Gasteiger partial charge in [0.2, 0.25) is 10.0 Å². The Morgan fingerprint density at radius 2 is 2.00 bits per heavy atom. The zero-order valence-corrected chi connectivity index (χ0v) is 10.7. The molecule has 0 aliphatic rings. The van der Waals surface area contributed by atoms with Crippen molar-refractivity contribution in [1.29, 1.82) is 0 Å². The standard InChI is InChI=1S/C12H15NO4S/c1-2-12(14)17-10-6-9-13-18(15,16)11-7-4-3-5-8-11/h2-5,7-8,13H,1,6,9-10H2. The molecule has 0 bridgehead atoms. The first kappa shape index (κ1) is 14.4. The van der Waals surface area contributed by atoms with Crippen molar-refractivity contribution in [2.24, 2.45) is 0 Å². The number of ether oxygens (including phenoxy) is 1. The highest BCUT2D eigenvalue weighted by Gasteiger charge is 2.11. The topological polar surface area (TPSA) is 72.5 Å². The van der Waals surface area contributed by atoms with Gasteiger partial charge in [0.15, 0.2) is 0 Å². The normalized spacial score (nSPS) is 10.9. The maximum absolute atomic E-state index is 11.8. The number of sulfonamides is 1. The number of carbonyl (C=O) groups is 1. The summed E-state index contributed by atoms with van der Waals surface area (Å²) in [6.07, 6.45) is 1.47. The third kappa shape index (κ3) is 4.68. The average molecular weight is 269 g/mol. The summed E-state index contributed by atoms with van der Waals surface area (Å²) in [5.74, 6) is -0.513. The van der Waals surface area contributed by atoms with Gasteiger partial charge in [0, 0.05) is 12.6 Å². The van der Waals surface area contributed by atoms with Crippen LogP contribution in [0, 0.1) is 0 Å². The second-order valence-electron chi connectivity index (χ2n) is 3.44. The van der Waals surface area contributed by atoms with Gasteiger partial charge in [-0.2, -0.15) is 0 Å². The van der Waals surface area contributed by atoms with E-state index in [0.717, 1.165) is 6.08 Å². The van der Waals surface area contributed by atoms with Crippen molar-refractivity contribution < 1.29 is 17.9 Å². The molecule has 1 aromatic carbocycles. The van der Waals surface area contributed by atoms with Gasteiger partial charge in [-0.25, -0.2) is 17.9 Å². The van der Waals surface area contributed by atoms with Gasteiger partial charge >= 0.3 is 5.97 Å². The molecule has 0 unspecified atom stereocenters. The van der Waals surface area contributed by atoms with Gasteiger partial charge in [-0.3, -0.25) is 0 Å². The molecule has 0 atom stereocenters. The minimum absolute atomic E-state index is 0.155. The van der Waals surface area contributed by atoms with Gasteiger partial charge in [0.05, 0.1) is 11.5 Å². The van der Waals surface area contributed by atoms with E-state index in [1.165, 1.54) is 12.1 Å². The van der Waals surface area contributed by atoms with Crippen LogP contribution >= 0.6 is 0 Å². The van der Waals surface area contributed by atoms with Gasteiger partial charge in [-0.1, -0.05) is 24.8 Å². The number of carbonyl (C=O) groups excluding carboxylic acids is 1. The molecule has 0 fully saturated rings. The number of nitrogens with one attached hydrogen (secondary N) is 1. The summed E-state index contributed by atoms with van der Waals surface area (Å²) in [6, 6.07) is 8.08. The molecule has 6 heteroatoms. The van der Waals surface area contributed by atoms with Crippen molar-refractivity contribution in [3.05, 3.63) is 43.0 Å². The number of rotatable bonds is 7. The Balaban J connectivity index is 2.35. The summed E-state index contributed by atoms with van der Waals surface area (Å²) in [5.41, 5.74) is 0. The molecule has 0 spiro atoms. The molecule has 1 N–H and O–H groups in total. The molecule has 1 aromatic rings. The molecule has 1 rings (SSSR count). The second-order valence-corrected chi connectivity index (χ2v) is 5.20. The van der Waals surface area contributed by atoms with Crippen LogP contribution in [0.25, 0.3) is 0 Å². The fraction of sp³-hybridized carbons (Fsp3) is 0.250. The monoisotopic (exact) mass is 269 g/mol. The SMILES string of the molecule is C=CC(=O)OCCCNS(=O)(=O)c1ccccc1. The van der Waals surface area contributed by atoms with E-state index in [2.05, 4.69) is 11.3 Å². The van der Waals surface area contributed by atoms with Gasteiger partial charge < -0.3 is 4.74 Å². The van der Waals surface area contributed by atoms with Gasteiger partial charge in [-0.15, -0.1) is 0 Å². The zero-order chi connectivity index (χ0) is 13.4. The summed E-state index contributed by atoms with van der Waals surface area (Å²) >= 11 is 0. The number of esters is 1. The highest BCUT2D eigenvalue weighted by atomic mass is 32.2. The van der Waals surface area contributed by atoms with Crippen LogP contribution in [0.2, 0.25) is 0 Å². The van der Waals surface area contributed by atoms with Crippen molar-refractivity contribution in [2.45, 2.75) is 11.3 Å². The Hall–Kier alpha value is -1.66. The van der Waals surface area contributed by atoms with Crippen molar-refractivity contribution >= 4 is 16.0 Å². The molecule has 0 saturated heterocycles. The Labute approximate surface area is 107 Å². The zero-order valence-electron chi connectivity index (χ0n) is 9.83. The van der Waals surface area contributed by atoms with Crippen LogP contribution in [0.5, 0.6) is 0 Å². The molecule has 5 nitrogen and oxygen atoms in total. The lowest BCUT2D eigenvalue weighted by molar-refractivity contribution is -0.137. The lowest BCUT2D eigenvalue weighted by Crippen LogP contribution is -2.25. The van der Waals surface area contributed by atoms with E-state index in [-0.39, 0.29) is 18.0 Å². The Kier molecular flexibility index (Phi) is 5.54. The van der Waals surface area contributed by atoms with Crippen LogP contribution in [-0.4, -0.2) is 27.5 Å². The van der Waals surface area contributed by atoms with Gasteiger partial charge in [-0.05, 0) is 18.6 Å². The third-order valence-electron chi connectivity index (χ3n) is 2.08. The first-order chi connectivity index (χ1) is 8.56. The molecule has 98 valence electrons. The minimum atomic E-state index is -3.48. The Morgan fingerprint density at radius 1 is 1.33 bits per heavy atom. The number of hydrogen-bond acceptors (Lipinski definition) is 4. The quantitative estimate of drug-likeness (QED) is 0.457. The summed E-state index contributed by atoms with van der Waals surface area (Å²) in [4.78, 5) is 10.9. The Bertz CT molecular complexity index is 496. The average Bonchev–Trinajstić information content (AvgIpc) is 2.39. The van der Waals surface area contributed by atoms with E-state index in [0.29, 0.717) is 6.42 Å². The van der Waals surface area contributed by atoms with E-state index in [1.54, 1.807) is 18.2 Å². The highest BCUT2D eigenvalue weighted by Crippen LogP contribution is 2.06. The first-order valence-electron chi connectivity index (χ1n) is 5.40. The largest absolute Gasteiger partial charge is 0.462 e. The van der Waals surface area contributed by atoms with Crippen molar-refractivity contribution in [3.8, 4) is 0 Å². The lowest BCUT2D eigenvalue weighted by atomic mass is 10.4. The van der Waals surface area contributed by atoms with E-state index in [4.69, 9.17) is 4.74 Å². The maximum atomic E-state index is 11.8. The summed E-state index contributed by atoms with van der Waals surface area (Å²) < 4.78 is 30.6. The molecule has 0 radical (unpaired) electrons. The van der Waals surface area contributed by atoms with Crippen LogP contribution in [0.15, 0.2) is 47.9 Å². The van der Waals surface area contributed by atoms with E-state index in [9.17, 15) is 13.2 Å². The molecule has 0 aliphatic carbocycles. The van der Waals surface area contributed by atoms with E-state index < -0.39 is 16.0 Å². The van der Waals surface area contributed by atoms with Crippen LogP contribution < -0.4 is 4.72 Å².